The van der Waals surface area contributed by atoms with Gasteiger partial charge in [0, 0.05) is 19.1 Å². The molecule has 1 amide bonds. The van der Waals surface area contributed by atoms with E-state index in [2.05, 4.69) is 5.32 Å². The maximum Gasteiger partial charge on any atom is 0.258 e. The average molecular weight is 266 g/mol. The summed E-state index contributed by atoms with van der Waals surface area (Å²) in [7, 11) is 0. The molecule has 0 radical (unpaired) electrons. The van der Waals surface area contributed by atoms with E-state index in [0.29, 0.717) is 6.54 Å². The standard InChI is InChI=1S/C14H19FN2O2/c1-2-7-17(11-5-6-16-9-11)14(19)12-8-10(15)3-4-13(12)18/h3-4,8,11,16,18H,2,5-7,9H2,1H3. The smallest absolute Gasteiger partial charge is 0.258 e. The van der Waals surface area contributed by atoms with Gasteiger partial charge in [-0.05, 0) is 37.6 Å². The van der Waals surface area contributed by atoms with Crippen LogP contribution in [0.25, 0.3) is 0 Å². The van der Waals surface area contributed by atoms with Gasteiger partial charge in [-0.25, -0.2) is 4.39 Å². The molecule has 0 aromatic heterocycles. The third-order valence-corrected chi connectivity index (χ3v) is 3.39. The van der Waals surface area contributed by atoms with Crippen LogP contribution in [0.1, 0.15) is 30.1 Å². The van der Waals surface area contributed by atoms with Crippen molar-refractivity contribution in [2.24, 2.45) is 0 Å². The fourth-order valence-corrected chi connectivity index (χ4v) is 2.43. The van der Waals surface area contributed by atoms with Crippen LogP contribution in [-0.2, 0) is 0 Å². The van der Waals surface area contributed by atoms with Crippen LogP contribution >= 0.6 is 0 Å². The van der Waals surface area contributed by atoms with E-state index in [1.54, 1.807) is 4.90 Å². The number of rotatable bonds is 4. The molecule has 1 atom stereocenters. The van der Waals surface area contributed by atoms with Gasteiger partial charge in [-0.3, -0.25) is 4.79 Å². The van der Waals surface area contributed by atoms with Gasteiger partial charge in [-0.2, -0.15) is 0 Å². The molecule has 4 nitrogen and oxygen atoms in total. The third-order valence-electron chi connectivity index (χ3n) is 3.39. The van der Waals surface area contributed by atoms with E-state index < -0.39 is 5.82 Å². The largest absolute Gasteiger partial charge is 0.507 e. The Morgan fingerprint density at radius 2 is 2.37 bits per heavy atom. The summed E-state index contributed by atoms with van der Waals surface area (Å²) in [6.07, 6.45) is 1.72. The van der Waals surface area contributed by atoms with Gasteiger partial charge in [0.05, 0.1) is 5.56 Å². The number of hydrogen-bond acceptors (Lipinski definition) is 3. The molecule has 1 aromatic rings. The molecule has 0 aliphatic carbocycles. The Labute approximate surface area is 112 Å². The third kappa shape index (κ3) is 3.04. The summed E-state index contributed by atoms with van der Waals surface area (Å²) >= 11 is 0. The maximum atomic E-state index is 13.2. The second kappa shape index (κ2) is 6.02. The lowest BCUT2D eigenvalue weighted by Crippen LogP contribution is -2.42. The number of nitrogens with zero attached hydrogens (tertiary/aromatic N) is 1. The molecule has 19 heavy (non-hydrogen) atoms. The summed E-state index contributed by atoms with van der Waals surface area (Å²) in [5.74, 6) is -0.979. The Bertz CT molecular complexity index is 459. The van der Waals surface area contributed by atoms with Gasteiger partial charge >= 0.3 is 0 Å². The molecular formula is C14H19FN2O2. The Morgan fingerprint density at radius 1 is 1.58 bits per heavy atom. The van der Waals surface area contributed by atoms with Crippen molar-refractivity contribution in [1.29, 1.82) is 0 Å². The summed E-state index contributed by atoms with van der Waals surface area (Å²) in [4.78, 5) is 14.2. The predicted octanol–water partition coefficient (Wildman–Crippen LogP) is 1.75. The topological polar surface area (TPSA) is 52.6 Å². The molecule has 1 saturated heterocycles. The summed E-state index contributed by atoms with van der Waals surface area (Å²) in [6, 6.07) is 3.59. The average Bonchev–Trinajstić information content (AvgIpc) is 2.92. The highest BCUT2D eigenvalue weighted by atomic mass is 19.1. The van der Waals surface area contributed by atoms with E-state index in [1.165, 1.54) is 6.07 Å². The van der Waals surface area contributed by atoms with Crippen LogP contribution in [0, 0.1) is 5.82 Å². The molecular weight excluding hydrogens is 247 g/mol. The van der Waals surface area contributed by atoms with E-state index in [9.17, 15) is 14.3 Å². The van der Waals surface area contributed by atoms with Gasteiger partial charge in [-0.15, -0.1) is 0 Å². The zero-order valence-electron chi connectivity index (χ0n) is 11.0. The minimum atomic E-state index is -0.512. The van der Waals surface area contributed by atoms with Gasteiger partial charge in [0.2, 0.25) is 0 Å². The van der Waals surface area contributed by atoms with Crippen LogP contribution in [0.2, 0.25) is 0 Å². The molecule has 2 rings (SSSR count). The monoisotopic (exact) mass is 266 g/mol. The number of nitrogens with one attached hydrogen (secondary N) is 1. The lowest BCUT2D eigenvalue weighted by molar-refractivity contribution is 0.0688. The van der Waals surface area contributed by atoms with Crippen molar-refractivity contribution in [2.45, 2.75) is 25.8 Å². The molecule has 1 aliphatic rings. The minimum absolute atomic E-state index is 0.0420. The zero-order chi connectivity index (χ0) is 13.8. The van der Waals surface area contributed by atoms with Crippen LogP contribution in [-0.4, -0.2) is 41.6 Å². The lowest BCUT2D eigenvalue weighted by Gasteiger charge is -2.28. The predicted molar refractivity (Wildman–Crippen MR) is 70.7 cm³/mol. The molecule has 0 bridgehead atoms. The molecule has 5 heteroatoms. The van der Waals surface area contributed by atoms with Crippen molar-refractivity contribution >= 4 is 5.91 Å². The molecule has 1 fully saturated rings. The SMILES string of the molecule is CCCN(C(=O)c1cc(F)ccc1O)C1CCNC1. The quantitative estimate of drug-likeness (QED) is 0.873. The first kappa shape index (κ1) is 13.8. The fraction of sp³-hybridized carbons (Fsp3) is 0.500. The van der Waals surface area contributed by atoms with Crippen LogP contribution in [0.5, 0.6) is 5.75 Å². The van der Waals surface area contributed by atoms with Crippen molar-refractivity contribution in [3.8, 4) is 5.75 Å². The Morgan fingerprint density at radius 3 is 3.00 bits per heavy atom. The molecule has 1 heterocycles. The van der Waals surface area contributed by atoms with Gasteiger partial charge in [0.1, 0.15) is 11.6 Å². The van der Waals surface area contributed by atoms with Gasteiger partial charge < -0.3 is 15.3 Å². The molecule has 2 N–H and O–H groups in total. The summed E-state index contributed by atoms with van der Waals surface area (Å²) in [5, 5.41) is 12.9. The molecule has 1 aliphatic heterocycles. The van der Waals surface area contributed by atoms with Gasteiger partial charge in [0.15, 0.2) is 0 Å². The van der Waals surface area contributed by atoms with E-state index in [-0.39, 0.29) is 23.3 Å². The summed E-state index contributed by atoms with van der Waals surface area (Å²) in [5.41, 5.74) is 0.0420. The van der Waals surface area contributed by atoms with E-state index >= 15 is 0 Å². The first-order valence-corrected chi connectivity index (χ1v) is 6.63. The highest BCUT2D eigenvalue weighted by Gasteiger charge is 2.28. The second-order valence-corrected chi connectivity index (χ2v) is 4.81. The molecule has 0 saturated carbocycles. The van der Waals surface area contributed by atoms with Crippen LogP contribution < -0.4 is 5.32 Å². The highest BCUT2D eigenvalue weighted by molar-refractivity contribution is 5.97. The number of phenolic OH excluding ortho intramolecular Hbond substituents is 1. The van der Waals surface area contributed by atoms with Crippen molar-refractivity contribution in [2.75, 3.05) is 19.6 Å². The number of halogens is 1. The zero-order valence-corrected chi connectivity index (χ0v) is 11.0. The molecule has 104 valence electrons. The van der Waals surface area contributed by atoms with Crippen molar-refractivity contribution < 1.29 is 14.3 Å². The van der Waals surface area contributed by atoms with Crippen molar-refractivity contribution in [3.63, 3.8) is 0 Å². The van der Waals surface area contributed by atoms with Gasteiger partial charge in [-0.1, -0.05) is 6.92 Å². The van der Waals surface area contributed by atoms with Crippen molar-refractivity contribution in [1.82, 2.24) is 10.2 Å². The van der Waals surface area contributed by atoms with E-state index in [1.807, 2.05) is 6.92 Å². The summed E-state index contributed by atoms with van der Waals surface area (Å²) < 4.78 is 13.2. The number of carbonyl (C=O) groups excluding carboxylic acids is 1. The molecule has 1 unspecified atom stereocenters. The highest BCUT2D eigenvalue weighted by Crippen LogP contribution is 2.22. The first-order valence-electron chi connectivity index (χ1n) is 6.63. The van der Waals surface area contributed by atoms with Crippen LogP contribution in [0.4, 0.5) is 4.39 Å². The number of aromatic hydroxyl groups is 1. The first-order chi connectivity index (χ1) is 9.13. The fourth-order valence-electron chi connectivity index (χ4n) is 2.43. The number of amides is 1. The number of hydrogen-bond donors (Lipinski definition) is 2. The second-order valence-electron chi connectivity index (χ2n) is 4.81. The van der Waals surface area contributed by atoms with Crippen LogP contribution in [0.3, 0.4) is 0 Å². The van der Waals surface area contributed by atoms with Crippen molar-refractivity contribution in [3.05, 3.63) is 29.6 Å². The Hall–Kier alpha value is -1.62. The molecule has 0 spiro atoms. The molecule has 1 aromatic carbocycles. The number of phenols is 1. The Balaban J connectivity index is 2.25. The van der Waals surface area contributed by atoms with Crippen LogP contribution in [0.15, 0.2) is 18.2 Å². The van der Waals surface area contributed by atoms with E-state index in [4.69, 9.17) is 0 Å². The minimum Gasteiger partial charge on any atom is -0.507 e. The summed E-state index contributed by atoms with van der Waals surface area (Å²) in [6.45, 7) is 4.24. The normalized spacial score (nSPS) is 18.5. The Kier molecular flexibility index (Phi) is 4.37. The lowest BCUT2D eigenvalue weighted by atomic mass is 10.1. The maximum absolute atomic E-state index is 13.2. The van der Waals surface area contributed by atoms with E-state index in [0.717, 1.165) is 38.1 Å². The number of benzene rings is 1. The number of carbonyl (C=O) groups is 1. The van der Waals surface area contributed by atoms with Gasteiger partial charge in [0.25, 0.3) is 5.91 Å².